The molecule has 6 heteroatoms. The lowest BCUT2D eigenvalue weighted by atomic mass is 10.1. The van der Waals surface area contributed by atoms with Gasteiger partial charge in [-0.15, -0.1) is 6.42 Å². The maximum absolute atomic E-state index is 12.3. The Labute approximate surface area is 142 Å². The fraction of sp³-hybridized carbons (Fsp3) is 0.444. The van der Waals surface area contributed by atoms with E-state index in [1.807, 2.05) is 18.2 Å². The molecule has 1 aliphatic carbocycles. The molecule has 1 aromatic rings. The van der Waals surface area contributed by atoms with Crippen molar-refractivity contribution in [1.82, 2.24) is 10.4 Å². The van der Waals surface area contributed by atoms with Crippen LogP contribution in [-0.4, -0.2) is 30.2 Å². The molecule has 0 saturated carbocycles. The van der Waals surface area contributed by atoms with Crippen LogP contribution >= 0.6 is 0 Å². The van der Waals surface area contributed by atoms with Gasteiger partial charge in [0.05, 0.1) is 12.6 Å². The van der Waals surface area contributed by atoms with Gasteiger partial charge in [0.25, 0.3) is 0 Å². The molecular formula is C18H22N2O4. The highest BCUT2D eigenvalue weighted by atomic mass is 16.8. The summed E-state index contributed by atoms with van der Waals surface area (Å²) in [6, 6.07) is 7.88. The molecule has 0 saturated heterocycles. The average molecular weight is 330 g/mol. The van der Waals surface area contributed by atoms with Gasteiger partial charge in [-0.1, -0.05) is 44.0 Å². The molecule has 6 nitrogen and oxygen atoms in total. The average Bonchev–Trinajstić information content (AvgIpc) is 2.99. The van der Waals surface area contributed by atoms with Crippen LogP contribution in [0.15, 0.2) is 24.3 Å². The van der Waals surface area contributed by atoms with Crippen LogP contribution in [0.3, 0.4) is 0 Å². The van der Waals surface area contributed by atoms with E-state index in [9.17, 15) is 9.59 Å². The van der Waals surface area contributed by atoms with Gasteiger partial charge in [-0.2, -0.15) is 0 Å². The number of hydroxylamine groups is 1. The van der Waals surface area contributed by atoms with Crippen molar-refractivity contribution in [3.8, 4) is 12.3 Å². The van der Waals surface area contributed by atoms with Crippen molar-refractivity contribution < 1.29 is 19.2 Å². The van der Waals surface area contributed by atoms with Crippen molar-refractivity contribution in [1.29, 1.82) is 0 Å². The van der Waals surface area contributed by atoms with Gasteiger partial charge in [0.2, 0.25) is 12.7 Å². The molecule has 1 N–H and O–H groups in total. The molecule has 128 valence electrons. The maximum atomic E-state index is 12.3. The lowest BCUT2D eigenvalue weighted by Crippen LogP contribution is -2.36. The van der Waals surface area contributed by atoms with Crippen LogP contribution in [0, 0.1) is 18.3 Å². The first kappa shape index (κ1) is 17.8. The summed E-state index contributed by atoms with van der Waals surface area (Å²) in [5.41, 5.74) is 4.53. The molecule has 0 fully saturated rings. The van der Waals surface area contributed by atoms with Crippen molar-refractivity contribution in [2.45, 2.75) is 32.7 Å². The van der Waals surface area contributed by atoms with Crippen LogP contribution < -0.4 is 5.48 Å². The second kappa shape index (κ2) is 8.37. The summed E-state index contributed by atoms with van der Waals surface area (Å²) in [6.07, 6.45) is 6.54. The molecule has 0 unspecified atom stereocenters. The summed E-state index contributed by atoms with van der Waals surface area (Å²) in [4.78, 5) is 30.1. The SMILES string of the molecule is C#CCN(C(=O)OCONC(=O)C(C)C)[C@@H]1CCc2ccccc21. The van der Waals surface area contributed by atoms with Crippen LogP contribution in [0.4, 0.5) is 4.79 Å². The summed E-state index contributed by atoms with van der Waals surface area (Å²) in [6.45, 7) is 3.25. The summed E-state index contributed by atoms with van der Waals surface area (Å²) >= 11 is 0. The van der Waals surface area contributed by atoms with E-state index >= 15 is 0 Å². The minimum atomic E-state index is -0.562. The Hall–Kier alpha value is -2.52. The summed E-state index contributed by atoms with van der Waals surface area (Å²) < 4.78 is 5.07. The number of rotatable bonds is 6. The van der Waals surface area contributed by atoms with E-state index in [0.717, 1.165) is 18.4 Å². The van der Waals surface area contributed by atoms with Crippen molar-refractivity contribution in [3.05, 3.63) is 35.4 Å². The second-order valence-electron chi connectivity index (χ2n) is 5.88. The summed E-state index contributed by atoms with van der Waals surface area (Å²) in [7, 11) is 0. The second-order valence-corrected chi connectivity index (χ2v) is 5.88. The minimum absolute atomic E-state index is 0.102. The predicted molar refractivity (Wildman–Crippen MR) is 88.5 cm³/mol. The quantitative estimate of drug-likeness (QED) is 0.376. The lowest BCUT2D eigenvalue weighted by molar-refractivity contribution is -0.146. The van der Waals surface area contributed by atoms with Gasteiger partial charge >= 0.3 is 6.09 Å². The third-order valence-electron chi connectivity index (χ3n) is 3.91. The van der Waals surface area contributed by atoms with Crippen LogP contribution in [0.1, 0.15) is 37.4 Å². The number of terminal acetylenes is 1. The van der Waals surface area contributed by atoms with Gasteiger partial charge in [-0.05, 0) is 24.0 Å². The van der Waals surface area contributed by atoms with E-state index < -0.39 is 6.09 Å². The molecular weight excluding hydrogens is 308 g/mol. The lowest BCUT2D eigenvalue weighted by Gasteiger charge is -2.27. The molecule has 1 aromatic carbocycles. The van der Waals surface area contributed by atoms with E-state index in [2.05, 4.69) is 17.5 Å². The standard InChI is InChI=1S/C18H22N2O4/c1-4-11-20(16-10-9-14-7-5-6-8-15(14)16)18(22)23-12-24-19-17(21)13(2)3/h1,5-8,13,16H,9-12H2,2-3H3,(H,19,21)/t16-/m1/s1. The van der Waals surface area contributed by atoms with Crippen LogP contribution in [0.2, 0.25) is 0 Å². The molecule has 0 bridgehead atoms. The van der Waals surface area contributed by atoms with E-state index in [4.69, 9.17) is 16.0 Å². The van der Waals surface area contributed by atoms with E-state index in [1.165, 1.54) is 10.5 Å². The number of aryl methyl sites for hydroxylation is 1. The van der Waals surface area contributed by atoms with Gasteiger partial charge in [0.15, 0.2) is 0 Å². The predicted octanol–water partition coefficient (Wildman–Crippen LogP) is 2.41. The number of carbonyl (C=O) groups excluding carboxylic acids is 2. The Balaban J connectivity index is 1.92. The number of fused-ring (bicyclic) bond motifs is 1. The van der Waals surface area contributed by atoms with Gasteiger partial charge < -0.3 is 4.74 Å². The first-order chi connectivity index (χ1) is 11.5. The third-order valence-corrected chi connectivity index (χ3v) is 3.91. The summed E-state index contributed by atoms with van der Waals surface area (Å²) in [5, 5.41) is 0. The molecule has 0 heterocycles. The molecule has 24 heavy (non-hydrogen) atoms. The first-order valence-corrected chi connectivity index (χ1v) is 7.91. The normalized spacial score (nSPS) is 15.5. The number of amides is 2. The molecule has 0 aromatic heterocycles. The number of nitrogens with one attached hydrogen (secondary N) is 1. The van der Waals surface area contributed by atoms with Crippen LogP contribution in [0.5, 0.6) is 0 Å². The van der Waals surface area contributed by atoms with E-state index in [1.54, 1.807) is 13.8 Å². The van der Waals surface area contributed by atoms with Gasteiger partial charge in [-0.25, -0.2) is 15.1 Å². The Kier molecular flexibility index (Phi) is 6.21. The number of carbonyl (C=O) groups is 2. The molecule has 0 aliphatic heterocycles. The fourth-order valence-electron chi connectivity index (χ4n) is 2.64. The maximum Gasteiger partial charge on any atom is 0.413 e. The van der Waals surface area contributed by atoms with Crippen molar-refractivity contribution in [3.63, 3.8) is 0 Å². The molecule has 2 amide bonds. The van der Waals surface area contributed by atoms with Crippen LogP contribution in [0.25, 0.3) is 0 Å². The van der Waals surface area contributed by atoms with Crippen LogP contribution in [-0.2, 0) is 20.8 Å². The molecule has 0 spiro atoms. The number of hydrogen-bond donors (Lipinski definition) is 1. The minimum Gasteiger partial charge on any atom is -0.420 e. The molecule has 0 radical (unpaired) electrons. The zero-order valence-electron chi connectivity index (χ0n) is 14.0. The third kappa shape index (κ3) is 4.27. The van der Waals surface area contributed by atoms with Gasteiger partial charge in [0, 0.05) is 5.92 Å². The van der Waals surface area contributed by atoms with Crippen molar-refractivity contribution in [2.75, 3.05) is 13.3 Å². The number of hydrogen-bond acceptors (Lipinski definition) is 4. The topological polar surface area (TPSA) is 67.9 Å². The van der Waals surface area contributed by atoms with Crippen molar-refractivity contribution in [2.24, 2.45) is 5.92 Å². The highest BCUT2D eigenvalue weighted by Crippen LogP contribution is 2.35. The molecule has 1 aliphatic rings. The fourth-order valence-corrected chi connectivity index (χ4v) is 2.64. The molecule has 2 rings (SSSR count). The Morgan fingerprint density at radius 3 is 2.88 bits per heavy atom. The first-order valence-electron chi connectivity index (χ1n) is 7.91. The zero-order chi connectivity index (χ0) is 17.5. The summed E-state index contributed by atoms with van der Waals surface area (Å²) in [5.74, 6) is 2.00. The smallest absolute Gasteiger partial charge is 0.413 e. The monoisotopic (exact) mass is 330 g/mol. The molecule has 1 atom stereocenters. The van der Waals surface area contributed by atoms with Gasteiger partial charge in [0.1, 0.15) is 0 Å². The number of nitrogens with zero attached hydrogens (tertiary/aromatic N) is 1. The van der Waals surface area contributed by atoms with Crippen molar-refractivity contribution >= 4 is 12.0 Å². The largest absolute Gasteiger partial charge is 0.420 e. The Morgan fingerprint density at radius 2 is 2.17 bits per heavy atom. The highest BCUT2D eigenvalue weighted by molar-refractivity contribution is 5.76. The number of ether oxygens (including phenoxy) is 1. The van der Waals surface area contributed by atoms with Gasteiger partial charge in [-0.3, -0.25) is 9.69 Å². The Morgan fingerprint density at radius 1 is 1.42 bits per heavy atom. The highest BCUT2D eigenvalue weighted by Gasteiger charge is 2.31. The number of benzene rings is 1. The van der Waals surface area contributed by atoms with E-state index in [-0.39, 0.29) is 31.2 Å². The zero-order valence-corrected chi connectivity index (χ0v) is 14.0. The Bertz CT molecular complexity index is 636. The van der Waals surface area contributed by atoms with E-state index in [0.29, 0.717) is 0 Å².